The summed E-state index contributed by atoms with van der Waals surface area (Å²) in [5.74, 6) is -2.41. The van der Waals surface area contributed by atoms with E-state index in [1.54, 1.807) is 12.3 Å². The number of halogens is 1. The zero-order chi connectivity index (χ0) is 21.5. The highest BCUT2D eigenvalue weighted by Gasteiger charge is 2.23. The van der Waals surface area contributed by atoms with Crippen molar-refractivity contribution in [1.29, 1.82) is 0 Å². The number of thiophene rings is 1. The van der Waals surface area contributed by atoms with Crippen LogP contribution in [0.2, 0.25) is 0 Å². The molecule has 8 heteroatoms. The van der Waals surface area contributed by atoms with Gasteiger partial charge in [0, 0.05) is 10.9 Å². The highest BCUT2D eigenvalue weighted by atomic mass is 32.1. The molecule has 0 aliphatic heterocycles. The molecule has 0 aliphatic rings. The third-order valence-corrected chi connectivity index (χ3v) is 4.92. The Bertz CT molecular complexity index is 1050. The lowest BCUT2D eigenvalue weighted by Gasteiger charge is -2.09. The molecule has 1 heterocycles. The maximum Gasteiger partial charge on any atom is 0.341 e. The molecule has 0 fully saturated rings. The summed E-state index contributed by atoms with van der Waals surface area (Å²) in [6.07, 6.45) is 0. The molecule has 2 aromatic carbocycles. The number of carbonyl (C=O) groups excluding carboxylic acids is 3. The van der Waals surface area contributed by atoms with Crippen molar-refractivity contribution in [3.63, 3.8) is 0 Å². The number of hydrogen-bond donors (Lipinski definition) is 1. The van der Waals surface area contributed by atoms with Crippen LogP contribution >= 0.6 is 11.3 Å². The number of esters is 2. The third-order valence-electron chi connectivity index (χ3n) is 4.02. The van der Waals surface area contributed by atoms with Gasteiger partial charge in [0.1, 0.15) is 16.4 Å². The predicted octanol–water partition coefficient (Wildman–Crippen LogP) is 4.53. The van der Waals surface area contributed by atoms with E-state index in [1.807, 2.05) is 30.3 Å². The van der Waals surface area contributed by atoms with Crippen molar-refractivity contribution in [2.45, 2.75) is 6.92 Å². The topological polar surface area (TPSA) is 81.7 Å². The summed E-state index contributed by atoms with van der Waals surface area (Å²) in [5.41, 5.74) is 1.81. The fraction of sp³-hybridized carbons (Fsp3) is 0.136. The standard InChI is InChI=1S/C22H18FNO5S/c1-2-28-22(27)19-17(14-6-4-3-5-7-14)13-30-20(19)24-18(25)12-29-21(26)15-8-10-16(23)11-9-15/h3-11,13H,2,12H2,1H3,(H,24,25). The fourth-order valence-corrected chi connectivity index (χ4v) is 3.62. The minimum atomic E-state index is -0.757. The Morgan fingerprint density at radius 3 is 2.33 bits per heavy atom. The van der Waals surface area contributed by atoms with E-state index in [9.17, 15) is 18.8 Å². The molecule has 1 N–H and O–H groups in total. The molecule has 0 aliphatic carbocycles. The second-order valence-corrected chi connectivity index (χ2v) is 6.95. The van der Waals surface area contributed by atoms with Crippen LogP contribution < -0.4 is 5.32 Å². The minimum Gasteiger partial charge on any atom is -0.462 e. The Balaban J connectivity index is 1.73. The number of benzene rings is 2. The van der Waals surface area contributed by atoms with Crippen molar-refractivity contribution < 1.29 is 28.2 Å². The molecule has 0 saturated heterocycles. The van der Waals surface area contributed by atoms with Crippen molar-refractivity contribution in [1.82, 2.24) is 0 Å². The quantitative estimate of drug-likeness (QED) is 0.561. The number of amides is 1. The third kappa shape index (κ3) is 5.09. The van der Waals surface area contributed by atoms with Crippen molar-refractivity contribution in [3.8, 4) is 11.1 Å². The van der Waals surface area contributed by atoms with Gasteiger partial charge in [-0.1, -0.05) is 30.3 Å². The van der Waals surface area contributed by atoms with Gasteiger partial charge in [-0.25, -0.2) is 14.0 Å². The molecule has 0 saturated carbocycles. The summed E-state index contributed by atoms with van der Waals surface area (Å²) in [5, 5.41) is 4.65. The van der Waals surface area contributed by atoms with E-state index < -0.39 is 30.3 Å². The average molecular weight is 427 g/mol. The molecule has 1 aromatic heterocycles. The summed E-state index contributed by atoms with van der Waals surface area (Å²) in [4.78, 5) is 36.8. The molecule has 30 heavy (non-hydrogen) atoms. The molecule has 0 unspecified atom stereocenters. The molecule has 0 bridgehead atoms. The molecule has 0 atom stereocenters. The van der Waals surface area contributed by atoms with Gasteiger partial charge < -0.3 is 14.8 Å². The summed E-state index contributed by atoms with van der Waals surface area (Å²) in [6, 6.07) is 14.0. The highest BCUT2D eigenvalue weighted by molar-refractivity contribution is 7.15. The Morgan fingerprint density at radius 2 is 1.67 bits per heavy atom. The van der Waals surface area contributed by atoms with Crippen LogP contribution in [0.25, 0.3) is 11.1 Å². The molecule has 1 amide bonds. The number of nitrogens with one attached hydrogen (secondary N) is 1. The van der Waals surface area contributed by atoms with Crippen LogP contribution in [0.5, 0.6) is 0 Å². The van der Waals surface area contributed by atoms with Crippen molar-refractivity contribution in [2.75, 3.05) is 18.5 Å². The van der Waals surface area contributed by atoms with Gasteiger partial charge in [-0.15, -0.1) is 11.3 Å². The van der Waals surface area contributed by atoms with Gasteiger partial charge in [-0.3, -0.25) is 4.79 Å². The predicted molar refractivity (Wildman–Crippen MR) is 111 cm³/mol. The first-order chi connectivity index (χ1) is 14.5. The first-order valence-electron chi connectivity index (χ1n) is 9.06. The van der Waals surface area contributed by atoms with E-state index in [0.29, 0.717) is 10.6 Å². The molecular weight excluding hydrogens is 409 g/mol. The van der Waals surface area contributed by atoms with Crippen LogP contribution in [-0.4, -0.2) is 31.1 Å². The van der Waals surface area contributed by atoms with E-state index in [2.05, 4.69) is 5.32 Å². The average Bonchev–Trinajstić information content (AvgIpc) is 3.17. The van der Waals surface area contributed by atoms with Crippen LogP contribution in [0.3, 0.4) is 0 Å². The van der Waals surface area contributed by atoms with Gasteiger partial charge in [0.2, 0.25) is 0 Å². The summed E-state index contributed by atoms with van der Waals surface area (Å²) < 4.78 is 23.0. The van der Waals surface area contributed by atoms with Gasteiger partial charge in [0.25, 0.3) is 5.91 Å². The van der Waals surface area contributed by atoms with Crippen molar-refractivity contribution >= 4 is 34.2 Å². The normalized spacial score (nSPS) is 10.3. The summed E-state index contributed by atoms with van der Waals surface area (Å²) >= 11 is 1.17. The van der Waals surface area contributed by atoms with Crippen molar-refractivity contribution in [2.24, 2.45) is 0 Å². The van der Waals surface area contributed by atoms with Crippen molar-refractivity contribution in [3.05, 3.63) is 76.9 Å². The Hall–Kier alpha value is -3.52. The SMILES string of the molecule is CCOC(=O)c1c(-c2ccccc2)csc1NC(=O)COC(=O)c1ccc(F)cc1. The highest BCUT2D eigenvalue weighted by Crippen LogP contribution is 2.36. The zero-order valence-corrected chi connectivity index (χ0v) is 16.8. The number of carbonyl (C=O) groups is 3. The van der Waals surface area contributed by atoms with Gasteiger partial charge >= 0.3 is 11.9 Å². The van der Waals surface area contributed by atoms with Gasteiger partial charge in [-0.2, -0.15) is 0 Å². The van der Waals surface area contributed by atoms with Gasteiger partial charge in [-0.05, 0) is 36.8 Å². The lowest BCUT2D eigenvalue weighted by atomic mass is 10.0. The van der Waals surface area contributed by atoms with Gasteiger partial charge in [0.15, 0.2) is 6.61 Å². The Kier molecular flexibility index (Phi) is 6.92. The van der Waals surface area contributed by atoms with E-state index in [-0.39, 0.29) is 17.7 Å². The van der Waals surface area contributed by atoms with E-state index in [1.165, 1.54) is 23.5 Å². The minimum absolute atomic E-state index is 0.124. The second-order valence-electron chi connectivity index (χ2n) is 6.07. The molecule has 3 rings (SSSR count). The molecule has 3 aromatic rings. The Morgan fingerprint density at radius 1 is 0.967 bits per heavy atom. The smallest absolute Gasteiger partial charge is 0.341 e. The molecular formula is C22H18FNO5S. The van der Waals surface area contributed by atoms with E-state index in [4.69, 9.17) is 9.47 Å². The number of hydrogen-bond acceptors (Lipinski definition) is 6. The molecule has 154 valence electrons. The van der Waals surface area contributed by atoms with Gasteiger partial charge in [0.05, 0.1) is 12.2 Å². The fourth-order valence-electron chi connectivity index (χ4n) is 2.65. The lowest BCUT2D eigenvalue weighted by molar-refractivity contribution is -0.119. The largest absolute Gasteiger partial charge is 0.462 e. The van der Waals surface area contributed by atoms with Crippen LogP contribution in [0.15, 0.2) is 60.0 Å². The monoisotopic (exact) mass is 427 g/mol. The van der Waals surface area contributed by atoms with Crippen LogP contribution in [0, 0.1) is 5.82 Å². The first-order valence-corrected chi connectivity index (χ1v) is 9.94. The lowest BCUT2D eigenvalue weighted by Crippen LogP contribution is -2.21. The van der Waals surface area contributed by atoms with E-state index >= 15 is 0 Å². The zero-order valence-electron chi connectivity index (χ0n) is 16.0. The first kappa shape index (κ1) is 21.2. The number of ether oxygens (including phenoxy) is 2. The van der Waals surface area contributed by atoms with Crippen LogP contribution in [0.4, 0.5) is 9.39 Å². The molecule has 6 nitrogen and oxygen atoms in total. The number of anilines is 1. The summed E-state index contributed by atoms with van der Waals surface area (Å²) in [7, 11) is 0. The second kappa shape index (κ2) is 9.80. The maximum absolute atomic E-state index is 12.9. The summed E-state index contributed by atoms with van der Waals surface area (Å²) in [6.45, 7) is 1.32. The van der Waals surface area contributed by atoms with Crippen LogP contribution in [-0.2, 0) is 14.3 Å². The molecule has 0 radical (unpaired) electrons. The number of rotatable bonds is 7. The molecule has 0 spiro atoms. The van der Waals surface area contributed by atoms with Crippen LogP contribution in [0.1, 0.15) is 27.6 Å². The Labute approximate surface area is 176 Å². The van der Waals surface area contributed by atoms with E-state index in [0.717, 1.165) is 17.7 Å². The maximum atomic E-state index is 12.9.